The first-order valence-corrected chi connectivity index (χ1v) is 9.43. The van der Waals surface area contributed by atoms with Gasteiger partial charge in [0.25, 0.3) is 0 Å². The van der Waals surface area contributed by atoms with Crippen molar-refractivity contribution in [1.82, 2.24) is 10.2 Å². The van der Waals surface area contributed by atoms with Gasteiger partial charge in [0.1, 0.15) is 0 Å². The molecule has 106 valence electrons. The molecule has 1 aromatic rings. The molecule has 1 saturated heterocycles. The second kappa shape index (κ2) is 6.26. The monoisotopic (exact) mass is 300 g/mol. The van der Waals surface area contributed by atoms with Crippen molar-refractivity contribution in [2.24, 2.45) is 0 Å². The molecule has 2 rings (SSSR count). The van der Waals surface area contributed by atoms with Gasteiger partial charge in [0.2, 0.25) is 0 Å². The third kappa shape index (κ3) is 3.72. The van der Waals surface area contributed by atoms with Crippen LogP contribution in [0.3, 0.4) is 0 Å². The highest BCUT2D eigenvalue weighted by molar-refractivity contribution is 7.99. The molecule has 19 heavy (non-hydrogen) atoms. The Hall–Kier alpha value is -0.560. The van der Waals surface area contributed by atoms with E-state index in [1.54, 1.807) is 6.07 Å². The Labute approximate surface area is 119 Å². The van der Waals surface area contributed by atoms with Crippen LogP contribution in [0.5, 0.6) is 0 Å². The number of hydrogen-bond donors (Lipinski definition) is 1. The van der Waals surface area contributed by atoms with E-state index in [0.29, 0.717) is 4.90 Å². The molecule has 1 aliphatic rings. The number of piperazine rings is 1. The van der Waals surface area contributed by atoms with Crippen molar-refractivity contribution in [1.29, 1.82) is 0 Å². The van der Waals surface area contributed by atoms with Crippen molar-refractivity contribution in [3.05, 3.63) is 23.8 Å². The van der Waals surface area contributed by atoms with Gasteiger partial charge in [-0.05, 0) is 17.9 Å². The molecule has 1 N–H and O–H groups in total. The number of thioether (sulfide) groups is 1. The van der Waals surface area contributed by atoms with Crippen LogP contribution in [0.1, 0.15) is 5.56 Å². The van der Waals surface area contributed by atoms with E-state index >= 15 is 0 Å². The molecule has 0 unspecified atom stereocenters. The van der Waals surface area contributed by atoms with Crippen LogP contribution in [0.25, 0.3) is 0 Å². The molecule has 1 aliphatic heterocycles. The molecule has 0 amide bonds. The van der Waals surface area contributed by atoms with Crippen LogP contribution < -0.4 is 5.32 Å². The molecular weight excluding hydrogens is 280 g/mol. The standard InChI is InChI=1S/C13H20N2O2S2/c1-18-13-11(10-15-8-6-14-7-9-15)4-3-5-12(13)19(2,16)17/h3-5,14H,6-10H2,1-2H3. The molecule has 0 aliphatic carbocycles. The van der Waals surface area contributed by atoms with Gasteiger partial charge in [-0.1, -0.05) is 12.1 Å². The molecule has 1 heterocycles. The Kier molecular flexibility index (Phi) is 4.89. The van der Waals surface area contributed by atoms with Crippen LogP contribution in [0.2, 0.25) is 0 Å². The third-order valence-corrected chi connectivity index (χ3v) is 5.43. The number of sulfone groups is 1. The summed E-state index contributed by atoms with van der Waals surface area (Å²) in [6, 6.07) is 5.57. The van der Waals surface area contributed by atoms with Gasteiger partial charge in [0.15, 0.2) is 9.84 Å². The number of hydrogen-bond acceptors (Lipinski definition) is 5. The molecule has 0 spiro atoms. The lowest BCUT2D eigenvalue weighted by atomic mass is 10.2. The largest absolute Gasteiger partial charge is 0.314 e. The van der Waals surface area contributed by atoms with E-state index in [1.165, 1.54) is 18.0 Å². The summed E-state index contributed by atoms with van der Waals surface area (Å²) in [6.45, 7) is 4.84. The SMILES string of the molecule is CSc1c(CN2CCNCC2)cccc1S(C)(=O)=O. The van der Waals surface area contributed by atoms with Gasteiger partial charge in [-0.3, -0.25) is 4.90 Å². The summed E-state index contributed by atoms with van der Waals surface area (Å²) in [5.41, 5.74) is 1.11. The Bertz CT molecular complexity index is 538. The second-order valence-electron chi connectivity index (χ2n) is 4.75. The van der Waals surface area contributed by atoms with Gasteiger partial charge in [0, 0.05) is 43.9 Å². The highest BCUT2D eigenvalue weighted by atomic mass is 32.2. The zero-order valence-corrected chi connectivity index (χ0v) is 13.0. The highest BCUT2D eigenvalue weighted by Crippen LogP contribution is 2.29. The molecule has 1 aromatic carbocycles. The lowest BCUT2D eigenvalue weighted by Crippen LogP contribution is -2.43. The molecule has 4 nitrogen and oxygen atoms in total. The van der Waals surface area contributed by atoms with Crippen LogP contribution in [-0.4, -0.2) is 52.0 Å². The zero-order valence-electron chi connectivity index (χ0n) is 11.3. The first-order chi connectivity index (χ1) is 9.02. The number of benzene rings is 1. The van der Waals surface area contributed by atoms with Gasteiger partial charge in [-0.15, -0.1) is 11.8 Å². The summed E-state index contributed by atoms with van der Waals surface area (Å²) in [7, 11) is -3.16. The minimum absolute atomic E-state index is 0.452. The van der Waals surface area contributed by atoms with E-state index in [1.807, 2.05) is 18.4 Å². The van der Waals surface area contributed by atoms with E-state index in [4.69, 9.17) is 0 Å². The van der Waals surface area contributed by atoms with E-state index in [2.05, 4.69) is 10.2 Å². The Morgan fingerprint density at radius 3 is 2.58 bits per heavy atom. The van der Waals surface area contributed by atoms with Crippen molar-refractivity contribution in [2.45, 2.75) is 16.3 Å². The van der Waals surface area contributed by atoms with Crippen molar-refractivity contribution in [3.63, 3.8) is 0 Å². The molecular formula is C13H20N2O2S2. The molecule has 0 radical (unpaired) electrons. The number of nitrogens with one attached hydrogen (secondary N) is 1. The summed E-state index contributed by atoms with van der Waals surface area (Å²) in [6.07, 6.45) is 3.21. The molecule has 0 aromatic heterocycles. The topological polar surface area (TPSA) is 49.4 Å². The van der Waals surface area contributed by atoms with Crippen LogP contribution in [0, 0.1) is 0 Å². The summed E-state index contributed by atoms with van der Waals surface area (Å²) < 4.78 is 23.6. The fourth-order valence-electron chi connectivity index (χ4n) is 2.32. The van der Waals surface area contributed by atoms with Crippen LogP contribution >= 0.6 is 11.8 Å². The maximum absolute atomic E-state index is 11.8. The Morgan fingerprint density at radius 1 is 1.32 bits per heavy atom. The molecule has 0 saturated carbocycles. The average molecular weight is 300 g/mol. The van der Waals surface area contributed by atoms with Crippen molar-refractivity contribution < 1.29 is 8.42 Å². The van der Waals surface area contributed by atoms with Gasteiger partial charge < -0.3 is 5.32 Å². The van der Waals surface area contributed by atoms with Gasteiger partial charge in [-0.25, -0.2) is 8.42 Å². The zero-order chi connectivity index (χ0) is 13.9. The fraction of sp³-hybridized carbons (Fsp3) is 0.538. The Balaban J connectivity index is 2.29. The van der Waals surface area contributed by atoms with Gasteiger partial charge in [-0.2, -0.15) is 0 Å². The van der Waals surface area contributed by atoms with Crippen molar-refractivity contribution in [2.75, 3.05) is 38.7 Å². The van der Waals surface area contributed by atoms with E-state index < -0.39 is 9.84 Å². The van der Waals surface area contributed by atoms with Gasteiger partial charge in [0.05, 0.1) is 4.90 Å². The van der Waals surface area contributed by atoms with Crippen molar-refractivity contribution in [3.8, 4) is 0 Å². The smallest absolute Gasteiger partial charge is 0.176 e. The summed E-state index contributed by atoms with van der Waals surface area (Å²) in [4.78, 5) is 3.70. The normalized spacial score (nSPS) is 17.6. The van der Waals surface area contributed by atoms with Crippen LogP contribution in [0.15, 0.2) is 28.0 Å². The number of nitrogens with zero attached hydrogens (tertiary/aromatic N) is 1. The van der Waals surface area contributed by atoms with Crippen LogP contribution in [-0.2, 0) is 16.4 Å². The molecule has 0 atom stereocenters. The minimum atomic E-state index is -3.16. The van der Waals surface area contributed by atoms with E-state index in [-0.39, 0.29) is 0 Å². The van der Waals surface area contributed by atoms with Crippen LogP contribution in [0.4, 0.5) is 0 Å². The molecule has 1 fully saturated rings. The minimum Gasteiger partial charge on any atom is -0.314 e. The fourth-order valence-corrected chi connectivity index (χ4v) is 4.48. The van der Waals surface area contributed by atoms with Crippen molar-refractivity contribution >= 4 is 21.6 Å². The first-order valence-electron chi connectivity index (χ1n) is 6.31. The predicted octanol–water partition coefficient (Wildman–Crippen LogP) is 1.22. The maximum Gasteiger partial charge on any atom is 0.176 e. The first kappa shape index (κ1) is 14.8. The molecule has 6 heteroatoms. The average Bonchev–Trinajstić information content (AvgIpc) is 2.38. The van der Waals surface area contributed by atoms with E-state index in [9.17, 15) is 8.42 Å². The van der Waals surface area contributed by atoms with Gasteiger partial charge >= 0.3 is 0 Å². The summed E-state index contributed by atoms with van der Waals surface area (Å²) in [5.74, 6) is 0. The summed E-state index contributed by atoms with van der Waals surface area (Å²) in [5, 5.41) is 3.32. The summed E-state index contributed by atoms with van der Waals surface area (Å²) >= 11 is 1.52. The van der Waals surface area contributed by atoms with E-state index in [0.717, 1.165) is 43.2 Å². The lowest BCUT2D eigenvalue weighted by molar-refractivity contribution is 0.231. The highest BCUT2D eigenvalue weighted by Gasteiger charge is 2.18. The molecule has 0 bridgehead atoms. The Morgan fingerprint density at radius 2 is 2.00 bits per heavy atom. The third-order valence-electron chi connectivity index (χ3n) is 3.27. The predicted molar refractivity (Wildman–Crippen MR) is 79.5 cm³/mol. The number of rotatable bonds is 4. The second-order valence-corrected chi connectivity index (χ2v) is 7.55. The quantitative estimate of drug-likeness (QED) is 0.847. The maximum atomic E-state index is 11.8. The lowest BCUT2D eigenvalue weighted by Gasteiger charge is -2.28.